The molecule has 3 heteroatoms. The fourth-order valence-corrected chi connectivity index (χ4v) is 3.69. The largest absolute Gasteiger partial charge is 0.393 e. The third-order valence-electron chi connectivity index (χ3n) is 5.62. The quantitative estimate of drug-likeness (QED) is 0.108. The molecular weight excluding hydrogens is 360 g/mol. The average molecular weight is 411 g/mol. The normalized spacial score (nSPS) is 11.2. The summed E-state index contributed by atoms with van der Waals surface area (Å²) >= 11 is 0. The number of hydrogen-bond acceptors (Lipinski definition) is 3. The van der Waals surface area contributed by atoms with E-state index in [9.17, 15) is 9.59 Å². The summed E-state index contributed by atoms with van der Waals surface area (Å²) in [4.78, 5) is 23.5. The maximum atomic E-state index is 11.7. The Morgan fingerprint density at radius 1 is 0.552 bits per heavy atom. The molecule has 0 fully saturated rings. The van der Waals surface area contributed by atoms with Gasteiger partial charge in [0.2, 0.25) is 0 Å². The molecule has 0 spiro atoms. The lowest BCUT2D eigenvalue weighted by atomic mass is 10.0. The van der Waals surface area contributed by atoms with E-state index in [0.29, 0.717) is 12.8 Å². The smallest absolute Gasteiger partial charge is 0.313 e. The highest BCUT2D eigenvalue weighted by Crippen LogP contribution is 2.14. The van der Waals surface area contributed by atoms with Crippen molar-refractivity contribution in [2.24, 2.45) is 5.92 Å². The van der Waals surface area contributed by atoms with Crippen molar-refractivity contribution in [3.05, 3.63) is 0 Å². The van der Waals surface area contributed by atoms with Crippen LogP contribution in [0.4, 0.5) is 0 Å². The number of carbonyl (C=O) groups excluding carboxylic acids is 2. The van der Waals surface area contributed by atoms with Crippen LogP contribution >= 0.6 is 0 Å². The second-order valence-corrected chi connectivity index (χ2v) is 9.19. The minimum Gasteiger partial charge on any atom is -0.393 e. The SMILES string of the molecule is CCCCCCCCCCCC(=O)OC(=O)CCCCCCCCCCC(C)C. The first-order chi connectivity index (χ1) is 14.1. The summed E-state index contributed by atoms with van der Waals surface area (Å²) in [7, 11) is 0. The molecule has 0 aromatic rings. The first kappa shape index (κ1) is 28.1. The van der Waals surface area contributed by atoms with E-state index in [0.717, 1.165) is 31.6 Å². The van der Waals surface area contributed by atoms with E-state index < -0.39 is 0 Å². The molecule has 0 unspecified atom stereocenters. The van der Waals surface area contributed by atoms with E-state index in [1.165, 1.54) is 89.9 Å². The average Bonchev–Trinajstić information content (AvgIpc) is 2.67. The van der Waals surface area contributed by atoms with Crippen molar-refractivity contribution in [3.8, 4) is 0 Å². The Labute approximate surface area is 181 Å². The molecule has 0 heterocycles. The second kappa shape index (κ2) is 21.8. The van der Waals surface area contributed by atoms with E-state index in [2.05, 4.69) is 20.8 Å². The molecule has 0 atom stereocenters. The van der Waals surface area contributed by atoms with Crippen LogP contribution in [-0.4, -0.2) is 11.9 Å². The fraction of sp³-hybridized carbons (Fsp3) is 0.923. The molecule has 0 aromatic heterocycles. The summed E-state index contributed by atoms with van der Waals surface area (Å²) in [6.07, 6.45) is 22.8. The first-order valence-corrected chi connectivity index (χ1v) is 12.8. The van der Waals surface area contributed by atoms with E-state index in [1.807, 2.05) is 0 Å². The van der Waals surface area contributed by atoms with Crippen LogP contribution < -0.4 is 0 Å². The predicted octanol–water partition coefficient (Wildman–Crippen LogP) is 8.53. The van der Waals surface area contributed by atoms with Crippen LogP contribution in [0.5, 0.6) is 0 Å². The van der Waals surface area contributed by atoms with Crippen LogP contribution in [-0.2, 0) is 14.3 Å². The third kappa shape index (κ3) is 23.3. The first-order valence-electron chi connectivity index (χ1n) is 12.8. The molecule has 0 radical (unpaired) electrons. The van der Waals surface area contributed by atoms with Gasteiger partial charge in [0.1, 0.15) is 0 Å². The Bertz CT molecular complexity index is 376. The lowest BCUT2D eigenvalue weighted by Gasteiger charge is -2.05. The zero-order valence-corrected chi connectivity index (χ0v) is 19.9. The van der Waals surface area contributed by atoms with Crippen LogP contribution in [0.2, 0.25) is 0 Å². The Morgan fingerprint density at radius 2 is 0.897 bits per heavy atom. The second-order valence-electron chi connectivity index (χ2n) is 9.19. The van der Waals surface area contributed by atoms with E-state index in [-0.39, 0.29) is 11.9 Å². The van der Waals surface area contributed by atoms with Gasteiger partial charge >= 0.3 is 11.9 Å². The molecule has 0 saturated carbocycles. The maximum absolute atomic E-state index is 11.7. The van der Waals surface area contributed by atoms with Crippen molar-refractivity contribution in [1.29, 1.82) is 0 Å². The molecule has 0 aliphatic rings. The Balaban J connectivity index is 3.33. The summed E-state index contributed by atoms with van der Waals surface area (Å²) in [5, 5.41) is 0. The third-order valence-corrected chi connectivity index (χ3v) is 5.62. The van der Waals surface area contributed by atoms with Gasteiger partial charge in [-0.3, -0.25) is 9.59 Å². The molecule has 0 aliphatic carbocycles. The van der Waals surface area contributed by atoms with Crippen molar-refractivity contribution < 1.29 is 14.3 Å². The van der Waals surface area contributed by atoms with Crippen molar-refractivity contribution in [2.45, 2.75) is 149 Å². The molecule has 29 heavy (non-hydrogen) atoms. The van der Waals surface area contributed by atoms with Crippen molar-refractivity contribution in [3.63, 3.8) is 0 Å². The van der Waals surface area contributed by atoms with Gasteiger partial charge in [0, 0.05) is 12.8 Å². The minimum absolute atomic E-state index is 0.334. The van der Waals surface area contributed by atoms with Crippen LogP contribution in [0, 0.1) is 5.92 Å². The van der Waals surface area contributed by atoms with Crippen LogP contribution in [0.1, 0.15) is 149 Å². The highest BCUT2D eigenvalue weighted by molar-refractivity contribution is 5.85. The molecule has 0 aromatic carbocycles. The summed E-state index contributed by atoms with van der Waals surface area (Å²) < 4.78 is 4.94. The molecule has 0 aliphatic heterocycles. The van der Waals surface area contributed by atoms with Crippen LogP contribution in [0.25, 0.3) is 0 Å². The Morgan fingerprint density at radius 3 is 1.28 bits per heavy atom. The zero-order valence-electron chi connectivity index (χ0n) is 19.9. The molecular formula is C26H50O3. The number of hydrogen-bond donors (Lipinski definition) is 0. The fourth-order valence-electron chi connectivity index (χ4n) is 3.69. The number of esters is 2. The molecule has 0 N–H and O–H groups in total. The van der Waals surface area contributed by atoms with Crippen molar-refractivity contribution in [1.82, 2.24) is 0 Å². The van der Waals surface area contributed by atoms with Crippen molar-refractivity contribution in [2.75, 3.05) is 0 Å². The summed E-state index contributed by atoms with van der Waals surface area (Å²) in [6, 6.07) is 0. The highest BCUT2D eigenvalue weighted by Gasteiger charge is 2.09. The molecule has 0 rings (SSSR count). The number of ether oxygens (including phenoxy) is 1. The lowest BCUT2D eigenvalue weighted by Crippen LogP contribution is -2.11. The zero-order chi connectivity index (χ0) is 21.6. The number of carbonyl (C=O) groups is 2. The van der Waals surface area contributed by atoms with Gasteiger partial charge < -0.3 is 4.74 Å². The topological polar surface area (TPSA) is 43.4 Å². The lowest BCUT2D eigenvalue weighted by molar-refractivity contribution is -0.159. The van der Waals surface area contributed by atoms with Crippen molar-refractivity contribution >= 4 is 11.9 Å². The molecule has 3 nitrogen and oxygen atoms in total. The Hall–Kier alpha value is -0.860. The molecule has 0 saturated heterocycles. The van der Waals surface area contributed by atoms with Crippen LogP contribution in [0.3, 0.4) is 0 Å². The molecule has 0 bridgehead atoms. The number of rotatable bonds is 21. The summed E-state index contributed by atoms with van der Waals surface area (Å²) in [6.45, 7) is 6.81. The monoisotopic (exact) mass is 410 g/mol. The standard InChI is InChI=1S/C26H50O3/c1-4-5-6-7-8-9-13-16-19-22-25(27)29-26(28)23-20-17-14-11-10-12-15-18-21-24(2)3/h24H,4-23H2,1-3H3. The Kier molecular flexibility index (Phi) is 21.2. The van der Waals surface area contributed by atoms with Gasteiger partial charge in [-0.15, -0.1) is 0 Å². The van der Waals surface area contributed by atoms with Gasteiger partial charge in [-0.25, -0.2) is 0 Å². The highest BCUT2D eigenvalue weighted by atomic mass is 16.6. The summed E-state index contributed by atoms with van der Waals surface area (Å²) in [5.74, 6) is 0.158. The molecule has 172 valence electrons. The van der Waals surface area contributed by atoms with Crippen LogP contribution in [0.15, 0.2) is 0 Å². The van der Waals surface area contributed by atoms with E-state index >= 15 is 0 Å². The van der Waals surface area contributed by atoms with Gasteiger partial charge in [0.25, 0.3) is 0 Å². The summed E-state index contributed by atoms with van der Waals surface area (Å²) in [5.41, 5.74) is 0. The van der Waals surface area contributed by atoms with Gasteiger partial charge in [-0.1, -0.05) is 124 Å². The van der Waals surface area contributed by atoms with Gasteiger partial charge in [0.15, 0.2) is 0 Å². The van der Waals surface area contributed by atoms with E-state index in [4.69, 9.17) is 4.74 Å². The van der Waals surface area contributed by atoms with E-state index in [1.54, 1.807) is 0 Å². The predicted molar refractivity (Wildman–Crippen MR) is 124 cm³/mol. The minimum atomic E-state index is -0.334. The maximum Gasteiger partial charge on any atom is 0.313 e. The number of unbranched alkanes of at least 4 members (excludes halogenated alkanes) is 15. The van der Waals surface area contributed by atoms with Gasteiger partial charge in [-0.05, 0) is 18.8 Å². The molecule has 0 amide bonds. The van der Waals surface area contributed by atoms with Gasteiger partial charge in [0.05, 0.1) is 0 Å². The van der Waals surface area contributed by atoms with Gasteiger partial charge in [-0.2, -0.15) is 0 Å².